The van der Waals surface area contributed by atoms with E-state index in [4.69, 9.17) is 8.85 Å². The average molecular weight is 514 g/mol. The summed E-state index contributed by atoms with van der Waals surface area (Å²) in [4.78, 5) is 38.5. The Labute approximate surface area is 223 Å². The SMILES string of the molecule is [2H]C([2H])([2H])NC(=O)c1nnc(NC(=O)C2CC2)cc1Nc1cccc(-c2ncc(-c3cccnc3C)cn2)c1OC. The maximum Gasteiger partial charge on any atom is 0.273 e. The highest BCUT2D eigenvalue weighted by Crippen LogP contribution is 2.37. The molecule has 0 saturated heterocycles. The number of amides is 2. The quantitative estimate of drug-likeness (QED) is 0.321. The van der Waals surface area contributed by atoms with Crippen molar-refractivity contribution in [3.63, 3.8) is 0 Å². The topological polar surface area (TPSA) is 144 Å². The molecule has 1 aliphatic rings. The van der Waals surface area contributed by atoms with Gasteiger partial charge in [-0.3, -0.25) is 14.6 Å². The van der Waals surface area contributed by atoms with Gasteiger partial charge in [-0.1, -0.05) is 12.1 Å². The van der Waals surface area contributed by atoms with E-state index in [-0.39, 0.29) is 29.0 Å². The molecule has 4 aromatic rings. The molecule has 0 atom stereocenters. The monoisotopic (exact) mass is 513 g/mol. The van der Waals surface area contributed by atoms with Gasteiger partial charge in [0.25, 0.3) is 5.91 Å². The van der Waals surface area contributed by atoms with Crippen LogP contribution < -0.4 is 20.7 Å². The largest absolute Gasteiger partial charge is 0.494 e. The smallest absolute Gasteiger partial charge is 0.273 e. The molecule has 0 unspecified atom stereocenters. The highest BCUT2D eigenvalue weighted by Gasteiger charge is 2.30. The van der Waals surface area contributed by atoms with E-state index in [1.165, 1.54) is 13.2 Å². The van der Waals surface area contributed by atoms with Crippen LogP contribution in [0, 0.1) is 12.8 Å². The molecule has 0 bridgehead atoms. The number of nitrogens with zero attached hydrogens (tertiary/aromatic N) is 5. The highest BCUT2D eigenvalue weighted by atomic mass is 16.5. The predicted octanol–water partition coefficient (Wildman–Crippen LogP) is 3.76. The fraction of sp³-hybridized carbons (Fsp3) is 0.222. The average Bonchev–Trinajstić information content (AvgIpc) is 3.79. The lowest BCUT2D eigenvalue weighted by Crippen LogP contribution is -2.22. The van der Waals surface area contributed by atoms with E-state index in [0.717, 1.165) is 29.7 Å². The molecule has 0 spiro atoms. The summed E-state index contributed by atoms with van der Waals surface area (Å²) in [5, 5.41) is 15.5. The molecule has 0 radical (unpaired) electrons. The van der Waals surface area contributed by atoms with Crippen LogP contribution in [-0.2, 0) is 4.79 Å². The number of methoxy groups -OCH3 is 1. The van der Waals surface area contributed by atoms with Crippen LogP contribution in [0.2, 0.25) is 0 Å². The van der Waals surface area contributed by atoms with Crippen molar-refractivity contribution in [2.45, 2.75) is 19.8 Å². The summed E-state index contributed by atoms with van der Waals surface area (Å²) in [6.45, 7) is -0.838. The Bertz CT molecular complexity index is 1610. The van der Waals surface area contributed by atoms with E-state index in [9.17, 15) is 9.59 Å². The Morgan fingerprint density at radius 3 is 2.53 bits per heavy atom. The summed E-state index contributed by atoms with van der Waals surface area (Å²) in [5.74, 6) is -0.403. The molecule has 192 valence electrons. The molecule has 1 aromatic carbocycles. The summed E-state index contributed by atoms with van der Waals surface area (Å²) in [6.07, 6.45) is 6.70. The van der Waals surface area contributed by atoms with Crippen LogP contribution in [0.4, 0.5) is 17.2 Å². The normalized spacial score (nSPS) is 14.0. The van der Waals surface area contributed by atoms with E-state index >= 15 is 0 Å². The van der Waals surface area contributed by atoms with E-state index in [1.807, 2.05) is 24.4 Å². The molecule has 3 N–H and O–H groups in total. The zero-order chi connectivity index (χ0) is 29.1. The standard InChI is InChI=1S/C27H26N8O3/c1-15-18(7-5-11-29-15)17-13-30-25(31-14-17)19-6-4-8-20(24(19)38-3)32-21-12-22(33-26(36)16-9-10-16)34-35-23(21)27(37)28-2/h4-8,11-14,16H,9-10H2,1-3H3,(H,28,37)(H2,32,33,34,36)/i2D3. The van der Waals surface area contributed by atoms with E-state index in [1.54, 1.807) is 36.8 Å². The molecule has 0 aliphatic heterocycles. The van der Waals surface area contributed by atoms with E-state index < -0.39 is 12.9 Å². The van der Waals surface area contributed by atoms with Gasteiger partial charge in [0.15, 0.2) is 23.1 Å². The third kappa shape index (κ3) is 5.12. The fourth-order valence-corrected chi connectivity index (χ4v) is 3.92. The zero-order valence-corrected chi connectivity index (χ0v) is 20.6. The van der Waals surface area contributed by atoms with Gasteiger partial charge in [-0.05, 0) is 38.0 Å². The first-order valence-corrected chi connectivity index (χ1v) is 11.8. The lowest BCUT2D eigenvalue weighted by molar-refractivity contribution is -0.117. The van der Waals surface area contributed by atoms with Gasteiger partial charge in [0.05, 0.1) is 24.0 Å². The van der Waals surface area contributed by atoms with Crippen molar-refractivity contribution in [1.29, 1.82) is 0 Å². The van der Waals surface area contributed by atoms with Crippen molar-refractivity contribution >= 4 is 29.0 Å². The van der Waals surface area contributed by atoms with Gasteiger partial charge >= 0.3 is 0 Å². The first-order valence-electron chi connectivity index (χ1n) is 13.3. The van der Waals surface area contributed by atoms with Crippen LogP contribution in [0.1, 0.15) is 33.1 Å². The number of carbonyl (C=O) groups excluding carboxylic acids is 2. The van der Waals surface area contributed by atoms with Crippen LogP contribution in [0.5, 0.6) is 5.75 Å². The minimum absolute atomic E-state index is 0.0861. The molecular formula is C27H26N8O3. The zero-order valence-electron chi connectivity index (χ0n) is 23.6. The molecule has 1 saturated carbocycles. The minimum atomic E-state index is -2.75. The van der Waals surface area contributed by atoms with E-state index in [0.29, 0.717) is 22.8 Å². The first-order chi connectivity index (χ1) is 19.6. The third-order valence-corrected chi connectivity index (χ3v) is 6.02. The number of para-hydroxylation sites is 1. The molecule has 11 heteroatoms. The summed E-state index contributed by atoms with van der Waals surface area (Å²) in [7, 11) is 1.48. The summed E-state index contributed by atoms with van der Waals surface area (Å²) in [6, 6.07) is 10.4. The second kappa shape index (κ2) is 10.6. The Morgan fingerprint density at radius 1 is 1.03 bits per heavy atom. The highest BCUT2D eigenvalue weighted by molar-refractivity contribution is 6.00. The summed E-state index contributed by atoms with van der Waals surface area (Å²) < 4.78 is 27.9. The molecule has 1 aliphatic carbocycles. The molecule has 5 rings (SSSR count). The van der Waals surface area contributed by atoms with Crippen LogP contribution in [0.25, 0.3) is 22.5 Å². The molecule has 38 heavy (non-hydrogen) atoms. The van der Waals surface area contributed by atoms with Crippen LogP contribution >= 0.6 is 0 Å². The van der Waals surface area contributed by atoms with Crippen molar-refractivity contribution < 1.29 is 18.4 Å². The third-order valence-electron chi connectivity index (χ3n) is 6.02. The van der Waals surface area contributed by atoms with Crippen molar-refractivity contribution in [2.75, 3.05) is 24.7 Å². The number of benzene rings is 1. The number of pyridine rings is 1. The van der Waals surface area contributed by atoms with Gasteiger partial charge in [0.1, 0.15) is 0 Å². The molecule has 2 amide bonds. The number of hydrogen-bond acceptors (Lipinski definition) is 9. The van der Waals surface area contributed by atoms with E-state index in [2.05, 4.69) is 35.8 Å². The Balaban J connectivity index is 1.49. The molecule has 3 heterocycles. The van der Waals surface area contributed by atoms with Crippen LogP contribution in [0.15, 0.2) is 55.0 Å². The fourth-order valence-electron chi connectivity index (χ4n) is 3.92. The molecule has 3 aromatic heterocycles. The molecule has 1 fully saturated rings. The number of carbonyl (C=O) groups is 2. The van der Waals surface area contributed by atoms with Crippen molar-refractivity contribution in [2.24, 2.45) is 5.92 Å². The summed E-state index contributed by atoms with van der Waals surface area (Å²) in [5.41, 5.74) is 3.36. The van der Waals surface area contributed by atoms with Gasteiger partial charge in [-0.15, -0.1) is 10.2 Å². The van der Waals surface area contributed by atoms with Crippen molar-refractivity contribution in [1.82, 2.24) is 30.5 Å². The lowest BCUT2D eigenvalue weighted by Gasteiger charge is -2.16. The van der Waals surface area contributed by atoms with Gasteiger partial charge in [-0.2, -0.15) is 0 Å². The Hall–Kier alpha value is -4.93. The lowest BCUT2D eigenvalue weighted by atomic mass is 10.1. The van der Waals surface area contributed by atoms with Crippen LogP contribution in [-0.4, -0.2) is 51.0 Å². The molecule has 11 nitrogen and oxygen atoms in total. The van der Waals surface area contributed by atoms with Gasteiger partial charge < -0.3 is 20.7 Å². The number of rotatable bonds is 8. The second-order valence-corrected chi connectivity index (χ2v) is 8.65. The number of nitrogens with one attached hydrogen (secondary N) is 3. The second-order valence-electron chi connectivity index (χ2n) is 8.65. The van der Waals surface area contributed by atoms with Crippen molar-refractivity contribution in [3.05, 3.63) is 66.4 Å². The maximum absolute atomic E-state index is 12.8. The number of hydrogen-bond donors (Lipinski definition) is 3. The molecular weight excluding hydrogens is 484 g/mol. The van der Waals surface area contributed by atoms with Crippen LogP contribution in [0.3, 0.4) is 0 Å². The van der Waals surface area contributed by atoms with Gasteiger partial charge in [0, 0.05) is 58.5 Å². The number of anilines is 3. The minimum Gasteiger partial charge on any atom is -0.494 e. The maximum atomic E-state index is 12.8. The predicted molar refractivity (Wildman–Crippen MR) is 142 cm³/mol. The number of ether oxygens (including phenoxy) is 1. The summed E-state index contributed by atoms with van der Waals surface area (Å²) >= 11 is 0. The Morgan fingerprint density at radius 2 is 1.82 bits per heavy atom. The number of aromatic nitrogens is 5. The number of aryl methyl sites for hydroxylation is 1. The van der Waals surface area contributed by atoms with Gasteiger partial charge in [0.2, 0.25) is 5.91 Å². The van der Waals surface area contributed by atoms with Crippen molar-refractivity contribution in [3.8, 4) is 28.3 Å². The first kappa shape index (κ1) is 21.2. The van der Waals surface area contributed by atoms with Gasteiger partial charge in [-0.25, -0.2) is 9.97 Å². The Kier molecular flexibility index (Phi) is 5.90.